The number of nitrogens with two attached hydrogens (primary N) is 1. The van der Waals surface area contributed by atoms with Crippen LogP contribution in [0.2, 0.25) is 0 Å². The summed E-state index contributed by atoms with van der Waals surface area (Å²) >= 11 is 3.38. The van der Waals surface area contributed by atoms with Gasteiger partial charge in [-0.3, -0.25) is 0 Å². The van der Waals surface area contributed by atoms with Gasteiger partial charge < -0.3 is 10.8 Å². The molecule has 1 rings (SSSR count). The number of phenolic OH excluding ortho intramolecular Hbond substituents is 1. The Kier molecular flexibility index (Phi) is 2.68. The van der Waals surface area contributed by atoms with Crippen LogP contribution in [0.3, 0.4) is 0 Å². The van der Waals surface area contributed by atoms with E-state index in [0.29, 0.717) is 0 Å². The van der Waals surface area contributed by atoms with Crippen molar-refractivity contribution in [3.63, 3.8) is 0 Å². The van der Waals surface area contributed by atoms with Crippen molar-refractivity contribution in [2.45, 2.75) is 26.3 Å². The highest BCUT2D eigenvalue weighted by molar-refractivity contribution is 9.10. The highest BCUT2D eigenvalue weighted by atomic mass is 79.9. The fraction of sp³-hybridized carbons (Fsp3) is 0.400. The van der Waals surface area contributed by atoms with Crippen molar-refractivity contribution in [2.24, 2.45) is 5.73 Å². The Morgan fingerprint density at radius 1 is 1.38 bits per heavy atom. The quantitative estimate of drug-likeness (QED) is 0.797. The van der Waals surface area contributed by atoms with Gasteiger partial charge in [-0.05, 0) is 32.4 Å². The molecule has 1 aromatic carbocycles. The zero-order valence-electron chi connectivity index (χ0n) is 8.06. The summed E-state index contributed by atoms with van der Waals surface area (Å²) in [5.41, 5.74) is 7.01. The molecule has 0 bridgehead atoms. The minimum atomic E-state index is -0.533. The lowest BCUT2D eigenvalue weighted by Crippen LogP contribution is -2.29. The maximum Gasteiger partial charge on any atom is 0.124 e. The minimum absolute atomic E-state index is 0.280. The summed E-state index contributed by atoms with van der Waals surface area (Å²) in [5, 5.41) is 9.80. The fourth-order valence-corrected chi connectivity index (χ4v) is 2.11. The van der Waals surface area contributed by atoms with E-state index in [1.54, 1.807) is 0 Å². The van der Waals surface area contributed by atoms with Crippen molar-refractivity contribution in [1.82, 2.24) is 0 Å². The molecule has 0 amide bonds. The van der Waals surface area contributed by atoms with Crippen LogP contribution in [-0.2, 0) is 5.54 Å². The molecule has 0 saturated heterocycles. The molecule has 0 spiro atoms. The zero-order chi connectivity index (χ0) is 10.2. The van der Waals surface area contributed by atoms with Crippen molar-refractivity contribution in [2.75, 3.05) is 0 Å². The van der Waals surface area contributed by atoms with Gasteiger partial charge in [-0.1, -0.05) is 22.0 Å². The molecule has 0 aromatic heterocycles. The molecule has 0 aliphatic rings. The van der Waals surface area contributed by atoms with Gasteiger partial charge in [0, 0.05) is 15.6 Å². The third-order valence-electron chi connectivity index (χ3n) is 1.97. The molecule has 13 heavy (non-hydrogen) atoms. The molecule has 0 saturated carbocycles. The van der Waals surface area contributed by atoms with Crippen LogP contribution in [0, 0.1) is 6.92 Å². The molecule has 0 unspecified atom stereocenters. The van der Waals surface area contributed by atoms with Crippen LogP contribution in [0.15, 0.2) is 16.6 Å². The Labute approximate surface area is 86.9 Å². The zero-order valence-corrected chi connectivity index (χ0v) is 9.64. The number of rotatable bonds is 1. The molecule has 2 nitrogen and oxygen atoms in total. The lowest BCUT2D eigenvalue weighted by atomic mass is 9.93. The van der Waals surface area contributed by atoms with Gasteiger partial charge in [0.05, 0.1) is 0 Å². The molecule has 0 radical (unpaired) electrons. The predicted octanol–water partition coefficient (Wildman–Crippen LogP) is 2.66. The fourth-order valence-electron chi connectivity index (χ4n) is 1.28. The first-order chi connectivity index (χ1) is 5.84. The standard InChI is InChI=1S/C10H14BrNO/c1-6-4-5-7(11)8(9(6)13)10(2,3)12/h4-5,13H,12H2,1-3H3. The molecule has 72 valence electrons. The number of halogens is 1. The smallest absolute Gasteiger partial charge is 0.124 e. The monoisotopic (exact) mass is 243 g/mol. The number of aryl methyl sites for hydroxylation is 1. The van der Waals surface area contributed by atoms with Crippen molar-refractivity contribution in [1.29, 1.82) is 0 Å². The highest BCUT2D eigenvalue weighted by Gasteiger charge is 2.22. The van der Waals surface area contributed by atoms with E-state index in [0.717, 1.165) is 15.6 Å². The van der Waals surface area contributed by atoms with Crippen molar-refractivity contribution in [3.05, 3.63) is 27.7 Å². The van der Waals surface area contributed by atoms with Crippen molar-refractivity contribution in [3.8, 4) is 5.75 Å². The summed E-state index contributed by atoms with van der Waals surface area (Å²) in [6.07, 6.45) is 0. The van der Waals surface area contributed by atoms with Gasteiger partial charge in [0.1, 0.15) is 5.75 Å². The number of aromatic hydroxyl groups is 1. The van der Waals surface area contributed by atoms with Gasteiger partial charge in [0.2, 0.25) is 0 Å². The molecule has 0 aliphatic heterocycles. The maximum absolute atomic E-state index is 9.80. The van der Waals surface area contributed by atoms with Crippen LogP contribution in [0.5, 0.6) is 5.75 Å². The summed E-state index contributed by atoms with van der Waals surface area (Å²) < 4.78 is 0.850. The van der Waals surface area contributed by atoms with Gasteiger partial charge in [-0.15, -0.1) is 0 Å². The summed E-state index contributed by atoms with van der Waals surface area (Å²) in [6.45, 7) is 5.59. The summed E-state index contributed by atoms with van der Waals surface area (Å²) in [5.74, 6) is 0.280. The van der Waals surface area contributed by atoms with Crippen LogP contribution < -0.4 is 5.73 Å². The molecule has 0 atom stereocenters. The normalized spacial score (nSPS) is 11.8. The molecule has 0 heterocycles. The third-order valence-corrected chi connectivity index (χ3v) is 2.63. The molecule has 1 aromatic rings. The van der Waals surface area contributed by atoms with E-state index < -0.39 is 5.54 Å². The average Bonchev–Trinajstić information content (AvgIpc) is 1.95. The second kappa shape index (κ2) is 3.31. The van der Waals surface area contributed by atoms with Gasteiger partial charge >= 0.3 is 0 Å². The SMILES string of the molecule is Cc1ccc(Br)c(C(C)(C)N)c1O. The first kappa shape index (κ1) is 10.5. The van der Waals surface area contributed by atoms with E-state index in [1.165, 1.54) is 0 Å². The van der Waals surface area contributed by atoms with Gasteiger partial charge in [0.25, 0.3) is 0 Å². The van der Waals surface area contributed by atoms with Gasteiger partial charge in [-0.25, -0.2) is 0 Å². The van der Waals surface area contributed by atoms with E-state index in [-0.39, 0.29) is 5.75 Å². The molecule has 3 N–H and O–H groups in total. The van der Waals surface area contributed by atoms with Crippen LogP contribution in [0.1, 0.15) is 25.0 Å². The van der Waals surface area contributed by atoms with E-state index in [1.807, 2.05) is 32.9 Å². The van der Waals surface area contributed by atoms with E-state index in [9.17, 15) is 5.11 Å². The first-order valence-corrected chi connectivity index (χ1v) is 4.90. The third kappa shape index (κ3) is 2.03. The number of benzene rings is 1. The number of hydrogen-bond donors (Lipinski definition) is 2. The Morgan fingerprint density at radius 2 is 1.92 bits per heavy atom. The minimum Gasteiger partial charge on any atom is -0.507 e. The highest BCUT2D eigenvalue weighted by Crippen LogP contribution is 2.35. The average molecular weight is 244 g/mol. The summed E-state index contributed by atoms with van der Waals surface area (Å²) in [6, 6.07) is 3.76. The van der Waals surface area contributed by atoms with E-state index in [4.69, 9.17) is 5.73 Å². The summed E-state index contributed by atoms with van der Waals surface area (Å²) in [4.78, 5) is 0. The lowest BCUT2D eigenvalue weighted by molar-refractivity contribution is 0.435. The largest absolute Gasteiger partial charge is 0.507 e. The number of hydrogen-bond acceptors (Lipinski definition) is 2. The van der Waals surface area contributed by atoms with Crippen LogP contribution in [0.25, 0.3) is 0 Å². The molecular formula is C10H14BrNO. The van der Waals surface area contributed by atoms with Crippen molar-refractivity contribution >= 4 is 15.9 Å². The Balaban J connectivity index is 3.43. The van der Waals surface area contributed by atoms with Crippen LogP contribution in [-0.4, -0.2) is 5.11 Å². The van der Waals surface area contributed by atoms with E-state index >= 15 is 0 Å². The maximum atomic E-state index is 9.80. The Bertz CT molecular complexity index is 328. The lowest BCUT2D eigenvalue weighted by Gasteiger charge is -2.22. The molecule has 0 aliphatic carbocycles. The molecular weight excluding hydrogens is 230 g/mol. The number of phenols is 1. The Hall–Kier alpha value is -0.540. The topological polar surface area (TPSA) is 46.2 Å². The first-order valence-electron chi connectivity index (χ1n) is 4.11. The van der Waals surface area contributed by atoms with E-state index in [2.05, 4.69) is 15.9 Å². The molecule has 0 fully saturated rings. The molecule has 3 heteroatoms. The second-order valence-corrected chi connectivity index (χ2v) is 4.66. The van der Waals surface area contributed by atoms with Gasteiger partial charge in [0.15, 0.2) is 0 Å². The Morgan fingerprint density at radius 3 is 2.31 bits per heavy atom. The van der Waals surface area contributed by atoms with Crippen LogP contribution in [0.4, 0.5) is 0 Å². The van der Waals surface area contributed by atoms with Crippen LogP contribution >= 0.6 is 15.9 Å². The predicted molar refractivity (Wildman–Crippen MR) is 57.8 cm³/mol. The summed E-state index contributed by atoms with van der Waals surface area (Å²) in [7, 11) is 0. The van der Waals surface area contributed by atoms with Gasteiger partial charge in [-0.2, -0.15) is 0 Å². The second-order valence-electron chi connectivity index (χ2n) is 3.81. The van der Waals surface area contributed by atoms with Crippen molar-refractivity contribution < 1.29 is 5.11 Å².